The molecule has 4 N–H and O–H groups in total. The van der Waals surface area contributed by atoms with E-state index >= 15 is 0 Å². The van der Waals surface area contributed by atoms with Gasteiger partial charge >= 0.3 is 0 Å². The van der Waals surface area contributed by atoms with E-state index in [1.807, 2.05) is 0 Å². The average molecular weight is 262 g/mol. The first-order valence-corrected chi connectivity index (χ1v) is 5.90. The van der Waals surface area contributed by atoms with Crippen LogP contribution in [0.2, 0.25) is 0 Å². The summed E-state index contributed by atoms with van der Waals surface area (Å²) in [6.45, 7) is -0.191. The maximum absolute atomic E-state index is 8.75. The summed E-state index contributed by atoms with van der Waals surface area (Å²) in [6.07, 6.45) is -2.13. The van der Waals surface area contributed by atoms with E-state index in [1.165, 1.54) is 0 Å². The Morgan fingerprint density at radius 1 is 0.786 bits per heavy atom. The molecule has 3 atom stereocenters. The smallest absolute Gasteiger partial charge is 0.0894 e. The SMILES string of the molecule is OC(CS)C(O)CS.OCC(O)CS. The first kappa shape index (κ1) is 17.3. The molecule has 0 aliphatic rings. The maximum atomic E-state index is 8.75. The lowest BCUT2D eigenvalue weighted by Crippen LogP contribution is -2.28. The van der Waals surface area contributed by atoms with Gasteiger partial charge in [-0.3, -0.25) is 0 Å². The van der Waals surface area contributed by atoms with Crippen molar-refractivity contribution in [1.29, 1.82) is 0 Å². The van der Waals surface area contributed by atoms with Crippen molar-refractivity contribution in [2.45, 2.75) is 18.3 Å². The van der Waals surface area contributed by atoms with E-state index in [9.17, 15) is 0 Å². The minimum absolute atomic E-state index is 0.191. The summed E-state index contributed by atoms with van der Waals surface area (Å²) in [4.78, 5) is 0. The molecule has 0 saturated carbocycles. The van der Waals surface area contributed by atoms with Crippen molar-refractivity contribution in [3.63, 3.8) is 0 Å². The first-order chi connectivity index (χ1) is 6.53. The van der Waals surface area contributed by atoms with Crippen LogP contribution in [-0.2, 0) is 0 Å². The van der Waals surface area contributed by atoms with Crippen molar-refractivity contribution in [2.24, 2.45) is 0 Å². The van der Waals surface area contributed by atoms with Crippen LogP contribution in [-0.4, -0.2) is 62.6 Å². The Balaban J connectivity index is 0. The van der Waals surface area contributed by atoms with Crippen LogP contribution >= 0.6 is 37.9 Å². The molecule has 0 aliphatic carbocycles. The van der Waals surface area contributed by atoms with Gasteiger partial charge < -0.3 is 20.4 Å². The van der Waals surface area contributed by atoms with Crippen molar-refractivity contribution < 1.29 is 20.4 Å². The minimum Gasteiger partial charge on any atom is -0.394 e. The summed E-state index contributed by atoms with van der Waals surface area (Å²) < 4.78 is 0. The van der Waals surface area contributed by atoms with E-state index in [2.05, 4.69) is 37.9 Å². The van der Waals surface area contributed by atoms with Crippen LogP contribution in [0, 0.1) is 0 Å². The highest BCUT2D eigenvalue weighted by molar-refractivity contribution is 7.80. The number of aliphatic hydroxyl groups is 4. The summed E-state index contributed by atoms with van der Waals surface area (Å²) >= 11 is 11.2. The Labute approximate surface area is 101 Å². The molecule has 0 spiro atoms. The third kappa shape index (κ3) is 11.0. The Morgan fingerprint density at radius 2 is 1.14 bits per heavy atom. The standard InChI is InChI=1S/C4H10O2S2.C3H8O2S/c5-3(1-7)4(6)2-8;4-1-3(5)2-6/h3-8H,1-2H2;3-6H,1-2H2. The molecule has 0 rings (SSSR count). The lowest BCUT2D eigenvalue weighted by Gasteiger charge is -2.11. The average Bonchev–Trinajstić information content (AvgIpc) is 2.26. The molecule has 0 heterocycles. The Kier molecular flexibility index (Phi) is 14.8. The molecule has 0 amide bonds. The van der Waals surface area contributed by atoms with Crippen molar-refractivity contribution in [3.8, 4) is 0 Å². The maximum Gasteiger partial charge on any atom is 0.0894 e. The third-order valence-electron chi connectivity index (χ3n) is 1.24. The molecule has 0 saturated heterocycles. The molecular formula is C7H18O4S3. The Bertz CT molecular complexity index is 105. The number of thiol groups is 3. The van der Waals surface area contributed by atoms with Gasteiger partial charge in [0.15, 0.2) is 0 Å². The summed E-state index contributed by atoms with van der Waals surface area (Å²) in [5, 5.41) is 33.9. The second-order valence-corrected chi connectivity index (χ2v) is 3.61. The molecule has 0 aromatic rings. The molecule has 0 radical (unpaired) electrons. The van der Waals surface area contributed by atoms with Gasteiger partial charge in [-0.25, -0.2) is 0 Å². The predicted molar refractivity (Wildman–Crippen MR) is 66.7 cm³/mol. The fourth-order valence-electron chi connectivity index (χ4n) is 0.301. The molecule has 4 nitrogen and oxygen atoms in total. The second kappa shape index (κ2) is 12.0. The van der Waals surface area contributed by atoms with E-state index in [1.54, 1.807) is 0 Å². The molecule has 0 bridgehead atoms. The molecule has 0 aliphatic heterocycles. The number of aliphatic hydroxyl groups excluding tert-OH is 4. The molecule has 0 fully saturated rings. The summed E-state index contributed by atoms with van der Waals surface area (Å²) in [7, 11) is 0. The fraction of sp³-hybridized carbons (Fsp3) is 1.00. The molecule has 88 valence electrons. The summed E-state index contributed by atoms with van der Waals surface area (Å²) in [5.74, 6) is 0.889. The van der Waals surface area contributed by atoms with Crippen LogP contribution in [0.15, 0.2) is 0 Å². The highest BCUT2D eigenvalue weighted by Crippen LogP contribution is 1.96. The van der Waals surface area contributed by atoms with E-state index in [-0.39, 0.29) is 18.1 Å². The van der Waals surface area contributed by atoms with Crippen molar-refractivity contribution in [3.05, 3.63) is 0 Å². The lowest BCUT2D eigenvalue weighted by atomic mass is 10.3. The zero-order valence-electron chi connectivity index (χ0n) is 7.69. The predicted octanol–water partition coefficient (Wildman–Crippen LogP) is -1.16. The van der Waals surface area contributed by atoms with Crippen LogP contribution in [0.3, 0.4) is 0 Å². The molecule has 0 aromatic heterocycles. The number of hydrogen-bond acceptors (Lipinski definition) is 7. The normalized spacial score (nSPS) is 16.5. The number of rotatable bonds is 5. The summed E-state index contributed by atoms with van der Waals surface area (Å²) in [6, 6.07) is 0. The van der Waals surface area contributed by atoms with Crippen LogP contribution in [0.4, 0.5) is 0 Å². The second-order valence-electron chi connectivity index (χ2n) is 2.52. The monoisotopic (exact) mass is 262 g/mol. The third-order valence-corrected chi connectivity index (χ3v) is 2.41. The first-order valence-electron chi connectivity index (χ1n) is 4.01. The van der Waals surface area contributed by atoms with Crippen LogP contribution in [0.25, 0.3) is 0 Å². The van der Waals surface area contributed by atoms with Gasteiger partial charge in [-0.1, -0.05) is 0 Å². The highest BCUT2D eigenvalue weighted by atomic mass is 32.1. The van der Waals surface area contributed by atoms with Gasteiger partial charge in [-0.05, 0) is 0 Å². The Hall–Kier alpha value is 0.890. The topological polar surface area (TPSA) is 80.9 Å². The van der Waals surface area contributed by atoms with E-state index < -0.39 is 18.3 Å². The van der Waals surface area contributed by atoms with E-state index in [4.69, 9.17) is 20.4 Å². The summed E-state index contributed by atoms with van der Waals surface area (Å²) in [5.41, 5.74) is 0. The molecule has 14 heavy (non-hydrogen) atoms. The van der Waals surface area contributed by atoms with Crippen LogP contribution in [0.1, 0.15) is 0 Å². The zero-order chi connectivity index (χ0) is 11.6. The van der Waals surface area contributed by atoms with Gasteiger partial charge in [0.1, 0.15) is 0 Å². The molecule has 3 unspecified atom stereocenters. The van der Waals surface area contributed by atoms with Crippen molar-refractivity contribution in [1.82, 2.24) is 0 Å². The van der Waals surface area contributed by atoms with Crippen molar-refractivity contribution in [2.75, 3.05) is 23.9 Å². The van der Waals surface area contributed by atoms with Crippen LogP contribution in [0.5, 0.6) is 0 Å². The molecule has 7 heteroatoms. The molecular weight excluding hydrogens is 244 g/mol. The van der Waals surface area contributed by atoms with Crippen LogP contribution < -0.4 is 0 Å². The zero-order valence-corrected chi connectivity index (χ0v) is 10.4. The largest absolute Gasteiger partial charge is 0.394 e. The van der Waals surface area contributed by atoms with Gasteiger partial charge in [0, 0.05) is 17.3 Å². The van der Waals surface area contributed by atoms with Gasteiger partial charge in [0.05, 0.1) is 24.9 Å². The fourth-order valence-corrected chi connectivity index (χ4v) is 0.903. The van der Waals surface area contributed by atoms with E-state index in [0.717, 1.165) is 0 Å². The quantitative estimate of drug-likeness (QED) is 0.319. The van der Waals surface area contributed by atoms with Gasteiger partial charge in [0.25, 0.3) is 0 Å². The van der Waals surface area contributed by atoms with Crippen molar-refractivity contribution >= 4 is 37.9 Å². The van der Waals surface area contributed by atoms with Gasteiger partial charge in [-0.15, -0.1) is 0 Å². The van der Waals surface area contributed by atoms with E-state index in [0.29, 0.717) is 5.75 Å². The van der Waals surface area contributed by atoms with Gasteiger partial charge in [-0.2, -0.15) is 37.9 Å². The Morgan fingerprint density at radius 3 is 1.21 bits per heavy atom. The lowest BCUT2D eigenvalue weighted by molar-refractivity contribution is 0.0504. The molecule has 0 aromatic carbocycles. The minimum atomic E-state index is -0.740. The highest BCUT2D eigenvalue weighted by Gasteiger charge is 2.10. The number of hydrogen-bond donors (Lipinski definition) is 7. The van der Waals surface area contributed by atoms with Gasteiger partial charge in [0.2, 0.25) is 0 Å².